The molecule has 7 nitrogen and oxygen atoms in total. The zero-order valence-electron chi connectivity index (χ0n) is 11.7. The van der Waals surface area contributed by atoms with Crippen molar-refractivity contribution in [1.82, 2.24) is 15.1 Å². The first-order valence-electron chi connectivity index (χ1n) is 6.03. The topological polar surface area (TPSA) is 102 Å². The van der Waals surface area contributed by atoms with Gasteiger partial charge in [-0.15, -0.1) is 0 Å². The van der Waals surface area contributed by atoms with Gasteiger partial charge in [-0.05, 0) is 5.41 Å². The number of nitrogens with zero attached hydrogens (tertiary/aromatic N) is 2. The molecule has 1 rings (SSSR count). The van der Waals surface area contributed by atoms with E-state index in [1.165, 1.54) is 10.9 Å². The molecule has 7 heteroatoms. The second-order valence-electron chi connectivity index (χ2n) is 5.43. The number of nitrogens with one attached hydrogen (secondary N) is 2. The van der Waals surface area contributed by atoms with Gasteiger partial charge in [0.1, 0.15) is 6.54 Å². The molecule has 1 atom stereocenters. The normalized spacial score (nSPS) is 12.9. The lowest BCUT2D eigenvalue weighted by Gasteiger charge is -2.25. The smallest absolute Gasteiger partial charge is 0.241 e. The SMILES string of the molecule is CNC(=O)Cn1cc(NC(=O)C(N)C(C)(C)C)cn1. The Kier molecular flexibility index (Phi) is 4.66. The largest absolute Gasteiger partial charge is 0.358 e. The predicted molar refractivity (Wildman–Crippen MR) is 72.4 cm³/mol. The number of likely N-dealkylation sites (N-methyl/N-ethyl adjacent to an activating group) is 1. The molecular weight excluding hydrogens is 246 g/mol. The molecule has 1 aromatic heterocycles. The van der Waals surface area contributed by atoms with Crippen LogP contribution in [0.4, 0.5) is 5.69 Å². The van der Waals surface area contributed by atoms with Gasteiger partial charge in [0, 0.05) is 13.2 Å². The molecule has 0 aliphatic heterocycles. The number of carbonyl (C=O) groups excluding carboxylic acids is 2. The molecule has 0 bridgehead atoms. The molecule has 1 heterocycles. The third-order valence-corrected chi connectivity index (χ3v) is 2.70. The molecule has 106 valence electrons. The lowest BCUT2D eigenvalue weighted by Crippen LogP contribution is -2.45. The van der Waals surface area contributed by atoms with Crippen LogP contribution < -0.4 is 16.4 Å². The standard InChI is InChI=1S/C12H21N5O2/c1-12(2,3)10(13)11(19)16-8-5-15-17(6-8)7-9(18)14-4/h5-6,10H,7,13H2,1-4H3,(H,14,18)(H,16,19). The highest BCUT2D eigenvalue weighted by Gasteiger charge is 2.27. The Morgan fingerprint density at radius 1 is 1.47 bits per heavy atom. The average Bonchev–Trinajstić information content (AvgIpc) is 2.73. The van der Waals surface area contributed by atoms with Crippen molar-refractivity contribution in [2.45, 2.75) is 33.4 Å². The maximum absolute atomic E-state index is 11.9. The summed E-state index contributed by atoms with van der Waals surface area (Å²) in [5, 5.41) is 9.15. The summed E-state index contributed by atoms with van der Waals surface area (Å²) in [6.45, 7) is 5.79. The summed E-state index contributed by atoms with van der Waals surface area (Å²) in [5.41, 5.74) is 6.05. The van der Waals surface area contributed by atoms with Gasteiger partial charge < -0.3 is 16.4 Å². The Morgan fingerprint density at radius 2 is 2.11 bits per heavy atom. The van der Waals surface area contributed by atoms with Crippen LogP contribution in [0.3, 0.4) is 0 Å². The summed E-state index contributed by atoms with van der Waals surface area (Å²) in [6, 6.07) is -0.616. The Hall–Kier alpha value is -1.89. The van der Waals surface area contributed by atoms with E-state index in [2.05, 4.69) is 15.7 Å². The summed E-state index contributed by atoms with van der Waals surface area (Å²) in [4.78, 5) is 23.1. The van der Waals surface area contributed by atoms with Gasteiger partial charge in [-0.1, -0.05) is 20.8 Å². The lowest BCUT2D eigenvalue weighted by molar-refractivity contribution is -0.121. The van der Waals surface area contributed by atoms with E-state index < -0.39 is 6.04 Å². The van der Waals surface area contributed by atoms with Crippen molar-refractivity contribution < 1.29 is 9.59 Å². The van der Waals surface area contributed by atoms with Crippen LogP contribution in [-0.4, -0.2) is 34.7 Å². The molecule has 0 fully saturated rings. The van der Waals surface area contributed by atoms with E-state index in [0.717, 1.165) is 0 Å². The summed E-state index contributed by atoms with van der Waals surface area (Å²) in [7, 11) is 1.55. The van der Waals surface area contributed by atoms with Crippen LogP contribution in [0.2, 0.25) is 0 Å². The van der Waals surface area contributed by atoms with Gasteiger partial charge in [0.25, 0.3) is 0 Å². The molecular formula is C12H21N5O2. The minimum Gasteiger partial charge on any atom is -0.358 e. The Morgan fingerprint density at radius 3 is 2.63 bits per heavy atom. The van der Waals surface area contributed by atoms with Crippen molar-refractivity contribution in [3.8, 4) is 0 Å². The zero-order valence-corrected chi connectivity index (χ0v) is 11.7. The number of rotatable bonds is 4. The maximum atomic E-state index is 11.9. The summed E-state index contributed by atoms with van der Waals surface area (Å²) < 4.78 is 1.44. The van der Waals surface area contributed by atoms with Gasteiger partial charge in [-0.3, -0.25) is 14.3 Å². The van der Waals surface area contributed by atoms with Gasteiger partial charge in [-0.2, -0.15) is 5.10 Å². The summed E-state index contributed by atoms with van der Waals surface area (Å²) in [6.07, 6.45) is 3.07. The van der Waals surface area contributed by atoms with E-state index in [4.69, 9.17) is 5.73 Å². The van der Waals surface area contributed by atoms with Gasteiger partial charge in [-0.25, -0.2) is 0 Å². The van der Waals surface area contributed by atoms with Gasteiger partial charge in [0.15, 0.2) is 0 Å². The monoisotopic (exact) mass is 267 g/mol. The maximum Gasteiger partial charge on any atom is 0.241 e. The first kappa shape index (κ1) is 15.2. The summed E-state index contributed by atoms with van der Waals surface area (Å²) >= 11 is 0. The number of hydrogen-bond acceptors (Lipinski definition) is 4. The van der Waals surface area contributed by atoms with Crippen molar-refractivity contribution >= 4 is 17.5 Å². The van der Waals surface area contributed by atoms with Crippen LogP contribution >= 0.6 is 0 Å². The van der Waals surface area contributed by atoms with Crippen LogP contribution in [0.25, 0.3) is 0 Å². The molecule has 2 amide bonds. The number of hydrogen-bond donors (Lipinski definition) is 3. The molecule has 0 aliphatic rings. The first-order valence-corrected chi connectivity index (χ1v) is 6.03. The van der Waals surface area contributed by atoms with Gasteiger partial charge in [0.2, 0.25) is 11.8 Å². The van der Waals surface area contributed by atoms with Crippen molar-refractivity contribution in [3.05, 3.63) is 12.4 Å². The third kappa shape index (κ3) is 4.36. The Balaban J connectivity index is 2.64. The number of anilines is 1. The quantitative estimate of drug-likeness (QED) is 0.711. The van der Waals surface area contributed by atoms with E-state index in [9.17, 15) is 9.59 Å². The molecule has 0 aromatic carbocycles. The number of carbonyl (C=O) groups is 2. The lowest BCUT2D eigenvalue weighted by atomic mass is 9.87. The highest BCUT2D eigenvalue weighted by Crippen LogP contribution is 2.18. The average molecular weight is 267 g/mol. The molecule has 19 heavy (non-hydrogen) atoms. The van der Waals surface area contributed by atoms with Gasteiger partial charge in [0.05, 0.1) is 17.9 Å². The second-order valence-corrected chi connectivity index (χ2v) is 5.43. The van der Waals surface area contributed by atoms with E-state index in [0.29, 0.717) is 5.69 Å². The second kappa shape index (κ2) is 5.83. The predicted octanol–water partition coefficient (Wildman–Crippen LogP) is -0.0590. The highest BCUT2D eigenvalue weighted by molar-refractivity contribution is 5.95. The Bertz CT molecular complexity index is 461. The van der Waals surface area contributed by atoms with Crippen molar-refractivity contribution in [1.29, 1.82) is 0 Å². The molecule has 0 radical (unpaired) electrons. The van der Waals surface area contributed by atoms with Crippen LogP contribution in [0.15, 0.2) is 12.4 Å². The Labute approximate surface area is 112 Å². The van der Waals surface area contributed by atoms with Crippen molar-refractivity contribution in [3.63, 3.8) is 0 Å². The summed E-state index contributed by atoms with van der Waals surface area (Å²) in [5.74, 6) is -0.431. The zero-order chi connectivity index (χ0) is 14.6. The minimum absolute atomic E-state index is 0.109. The first-order chi connectivity index (χ1) is 8.74. The molecule has 1 aromatic rings. The van der Waals surface area contributed by atoms with Crippen LogP contribution in [0.5, 0.6) is 0 Å². The molecule has 0 saturated carbocycles. The highest BCUT2D eigenvalue weighted by atomic mass is 16.2. The fraction of sp³-hybridized carbons (Fsp3) is 0.583. The fourth-order valence-electron chi connectivity index (χ4n) is 1.35. The van der Waals surface area contributed by atoms with Gasteiger partial charge >= 0.3 is 0 Å². The van der Waals surface area contributed by atoms with Crippen LogP contribution in [0.1, 0.15) is 20.8 Å². The number of aromatic nitrogens is 2. The van der Waals surface area contributed by atoms with Crippen molar-refractivity contribution in [2.24, 2.45) is 11.1 Å². The molecule has 0 saturated heterocycles. The number of nitrogens with two attached hydrogens (primary N) is 1. The molecule has 0 aliphatic carbocycles. The molecule has 0 spiro atoms. The van der Waals surface area contributed by atoms with E-state index in [1.54, 1.807) is 13.2 Å². The van der Waals surface area contributed by atoms with Crippen LogP contribution in [-0.2, 0) is 16.1 Å². The van der Waals surface area contributed by atoms with Crippen LogP contribution in [0, 0.1) is 5.41 Å². The molecule has 1 unspecified atom stereocenters. The minimum atomic E-state index is -0.616. The fourth-order valence-corrected chi connectivity index (χ4v) is 1.35. The van der Waals surface area contributed by atoms with Crippen molar-refractivity contribution in [2.75, 3.05) is 12.4 Å². The molecule has 4 N–H and O–H groups in total. The van der Waals surface area contributed by atoms with E-state index in [1.807, 2.05) is 20.8 Å². The van der Waals surface area contributed by atoms with E-state index >= 15 is 0 Å². The number of amides is 2. The third-order valence-electron chi connectivity index (χ3n) is 2.70. The van der Waals surface area contributed by atoms with E-state index in [-0.39, 0.29) is 23.8 Å².